The van der Waals surface area contributed by atoms with Crippen molar-refractivity contribution in [1.29, 1.82) is 0 Å². The lowest BCUT2D eigenvalue weighted by Crippen LogP contribution is -2.39. The minimum Gasteiger partial charge on any atom is -0.493 e. The molecule has 0 aliphatic rings. The maximum Gasteiger partial charge on any atom is 0.264 e. The molecular formula is C23H21ClFN3O5S. The first-order valence-electron chi connectivity index (χ1n) is 9.83. The molecule has 1 N–H and O–H groups in total. The highest BCUT2D eigenvalue weighted by atomic mass is 35.5. The predicted octanol–water partition coefficient (Wildman–Crippen LogP) is 3.84. The number of hydrogen-bond donors (Lipinski definition) is 1. The number of halogens is 2. The molecule has 0 aromatic heterocycles. The van der Waals surface area contributed by atoms with Crippen molar-refractivity contribution in [2.75, 3.05) is 25.1 Å². The molecule has 3 rings (SSSR count). The number of carbonyl (C=O) groups is 1. The van der Waals surface area contributed by atoms with E-state index < -0.39 is 28.3 Å². The second-order valence-electron chi connectivity index (χ2n) is 6.79. The summed E-state index contributed by atoms with van der Waals surface area (Å²) in [5.74, 6) is -0.720. The van der Waals surface area contributed by atoms with E-state index in [1.807, 2.05) is 0 Å². The summed E-state index contributed by atoms with van der Waals surface area (Å²) in [5.41, 5.74) is 2.35. The van der Waals surface area contributed by atoms with Crippen molar-refractivity contribution in [3.63, 3.8) is 0 Å². The molecule has 0 unspecified atom stereocenters. The zero-order valence-corrected chi connectivity index (χ0v) is 19.8. The van der Waals surface area contributed by atoms with Crippen LogP contribution >= 0.6 is 11.6 Å². The highest BCUT2D eigenvalue weighted by Crippen LogP contribution is 2.33. The van der Waals surface area contributed by atoms with Crippen molar-refractivity contribution < 1.29 is 27.1 Å². The average molecular weight is 506 g/mol. The molecule has 11 heteroatoms. The van der Waals surface area contributed by atoms with Crippen LogP contribution in [0.2, 0.25) is 5.02 Å². The van der Waals surface area contributed by atoms with E-state index in [1.54, 1.807) is 18.2 Å². The fourth-order valence-electron chi connectivity index (χ4n) is 2.98. The average Bonchev–Trinajstić information content (AvgIpc) is 2.84. The Balaban J connectivity index is 1.91. The second-order valence-corrected chi connectivity index (χ2v) is 9.06. The predicted molar refractivity (Wildman–Crippen MR) is 128 cm³/mol. The Labute approximate surface area is 201 Å². The Hall–Kier alpha value is -3.63. The fourth-order valence-corrected chi connectivity index (χ4v) is 4.63. The number of methoxy groups -OCH3 is 2. The Bertz CT molecular complexity index is 1280. The molecule has 0 saturated heterocycles. The monoisotopic (exact) mass is 505 g/mol. The number of hydrogen-bond acceptors (Lipinski definition) is 6. The molecule has 0 heterocycles. The molecule has 0 aliphatic heterocycles. The van der Waals surface area contributed by atoms with Gasteiger partial charge in [-0.2, -0.15) is 5.10 Å². The number of nitrogens with zero attached hydrogens (tertiary/aromatic N) is 2. The van der Waals surface area contributed by atoms with Gasteiger partial charge in [-0.25, -0.2) is 18.2 Å². The van der Waals surface area contributed by atoms with Gasteiger partial charge in [0.05, 0.1) is 36.0 Å². The van der Waals surface area contributed by atoms with Gasteiger partial charge in [-0.05, 0) is 36.4 Å². The van der Waals surface area contributed by atoms with Crippen LogP contribution in [0.5, 0.6) is 11.5 Å². The standard InChI is InChI=1S/C23H21ClFN3O5S/c1-32-21-12-11-16(13-22(21)33-2)28(34(30,31)17-7-4-3-5-8-17)15-23(29)27-26-14-18-19(24)9-6-10-20(18)25/h3-14H,15H2,1-2H3,(H,27,29)/b26-14+. The Morgan fingerprint density at radius 3 is 2.41 bits per heavy atom. The second kappa shape index (κ2) is 11.0. The van der Waals surface area contributed by atoms with Crippen LogP contribution in [-0.2, 0) is 14.8 Å². The van der Waals surface area contributed by atoms with Gasteiger partial charge in [0.25, 0.3) is 15.9 Å². The van der Waals surface area contributed by atoms with Crippen LogP contribution in [0.15, 0.2) is 76.7 Å². The van der Waals surface area contributed by atoms with Crippen LogP contribution in [0.25, 0.3) is 0 Å². The van der Waals surface area contributed by atoms with Crippen molar-refractivity contribution in [2.24, 2.45) is 5.10 Å². The van der Waals surface area contributed by atoms with Gasteiger partial charge in [-0.3, -0.25) is 9.10 Å². The lowest BCUT2D eigenvalue weighted by atomic mass is 10.2. The van der Waals surface area contributed by atoms with Gasteiger partial charge in [0.1, 0.15) is 12.4 Å². The van der Waals surface area contributed by atoms with E-state index in [9.17, 15) is 17.6 Å². The molecular weight excluding hydrogens is 485 g/mol. The first-order chi connectivity index (χ1) is 16.3. The van der Waals surface area contributed by atoms with Gasteiger partial charge >= 0.3 is 0 Å². The lowest BCUT2D eigenvalue weighted by molar-refractivity contribution is -0.119. The van der Waals surface area contributed by atoms with Gasteiger partial charge in [-0.1, -0.05) is 35.9 Å². The maximum atomic E-state index is 13.9. The molecule has 0 atom stereocenters. The molecule has 0 saturated carbocycles. The summed E-state index contributed by atoms with van der Waals surface area (Å²) in [6, 6.07) is 16.2. The van der Waals surface area contributed by atoms with E-state index >= 15 is 0 Å². The molecule has 3 aromatic carbocycles. The topological polar surface area (TPSA) is 97.3 Å². The number of sulfonamides is 1. The summed E-state index contributed by atoms with van der Waals surface area (Å²) in [4.78, 5) is 12.6. The summed E-state index contributed by atoms with van der Waals surface area (Å²) in [6.07, 6.45) is 1.04. The zero-order valence-electron chi connectivity index (χ0n) is 18.2. The van der Waals surface area contributed by atoms with Crippen molar-refractivity contribution in [1.82, 2.24) is 5.43 Å². The number of carbonyl (C=O) groups excluding carboxylic acids is 1. The zero-order chi connectivity index (χ0) is 24.7. The third kappa shape index (κ3) is 5.64. The van der Waals surface area contributed by atoms with Crippen LogP contribution in [-0.4, -0.2) is 41.3 Å². The van der Waals surface area contributed by atoms with Crippen LogP contribution < -0.4 is 19.2 Å². The van der Waals surface area contributed by atoms with E-state index in [0.29, 0.717) is 5.75 Å². The first-order valence-corrected chi connectivity index (χ1v) is 11.7. The van der Waals surface area contributed by atoms with Gasteiger partial charge < -0.3 is 9.47 Å². The quantitative estimate of drug-likeness (QED) is 0.352. The van der Waals surface area contributed by atoms with E-state index in [-0.39, 0.29) is 26.9 Å². The fraction of sp³-hybridized carbons (Fsp3) is 0.130. The molecule has 1 amide bonds. The summed E-state index contributed by atoms with van der Waals surface area (Å²) in [7, 11) is -1.28. The van der Waals surface area contributed by atoms with Crippen LogP contribution in [0, 0.1) is 5.82 Å². The van der Waals surface area contributed by atoms with Crippen molar-refractivity contribution in [2.45, 2.75) is 4.90 Å². The van der Waals surface area contributed by atoms with E-state index in [4.69, 9.17) is 21.1 Å². The van der Waals surface area contributed by atoms with Crippen molar-refractivity contribution in [3.05, 3.63) is 83.1 Å². The summed E-state index contributed by atoms with van der Waals surface area (Å²) in [5, 5.41) is 3.82. The summed E-state index contributed by atoms with van der Waals surface area (Å²) < 4.78 is 52.0. The molecule has 0 bridgehead atoms. The van der Waals surface area contributed by atoms with Crippen LogP contribution in [0.3, 0.4) is 0 Å². The molecule has 0 spiro atoms. The van der Waals surface area contributed by atoms with E-state index in [1.165, 1.54) is 62.8 Å². The minimum absolute atomic E-state index is 0.0146. The molecule has 8 nitrogen and oxygen atoms in total. The van der Waals surface area contributed by atoms with E-state index in [2.05, 4.69) is 10.5 Å². The number of ether oxygens (including phenoxy) is 2. The van der Waals surface area contributed by atoms with Gasteiger partial charge in [0, 0.05) is 11.6 Å². The number of benzene rings is 3. The highest BCUT2D eigenvalue weighted by molar-refractivity contribution is 7.92. The molecule has 178 valence electrons. The van der Waals surface area contributed by atoms with Crippen LogP contribution in [0.4, 0.5) is 10.1 Å². The lowest BCUT2D eigenvalue weighted by Gasteiger charge is -2.24. The Morgan fingerprint density at radius 1 is 1.06 bits per heavy atom. The minimum atomic E-state index is -4.14. The third-order valence-corrected chi connectivity index (χ3v) is 6.77. The largest absolute Gasteiger partial charge is 0.493 e. The molecule has 3 aromatic rings. The third-order valence-electron chi connectivity index (χ3n) is 4.66. The Kier molecular flexibility index (Phi) is 8.08. The molecule has 0 aliphatic carbocycles. The number of anilines is 1. The Morgan fingerprint density at radius 2 is 1.76 bits per heavy atom. The number of amides is 1. The van der Waals surface area contributed by atoms with Gasteiger partial charge in [-0.15, -0.1) is 0 Å². The highest BCUT2D eigenvalue weighted by Gasteiger charge is 2.28. The maximum absolute atomic E-state index is 13.9. The first kappa shape index (κ1) is 25.0. The van der Waals surface area contributed by atoms with Gasteiger partial charge in [0.2, 0.25) is 0 Å². The normalized spacial score (nSPS) is 11.3. The number of nitrogens with one attached hydrogen (secondary N) is 1. The van der Waals surface area contributed by atoms with Crippen molar-refractivity contribution in [3.8, 4) is 11.5 Å². The van der Waals surface area contributed by atoms with Crippen LogP contribution in [0.1, 0.15) is 5.56 Å². The summed E-state index contributed by atoms with van der Waals surface area (Å²) >= 11 is 5.94. The number of hydrazone groups is 1. The molecule has 34 heavy (non-hydrogen) atoms. The van der Waals surface area contributed by atoms with Gasteiger partial charge in [0.15, 0.2) is 11.5 Å². The number of rotatable bonds is 9. The van der Waals surface area contributed by atoms with Crippen molar-refractivity contribution >= 4 is 39.4 Å². The molecule has 0 fully saturated rings. The summed E-state index contributed by atoms with van der Waals surface area (Å²) in [6.45, 7) is -0.616. The molecule has 0 radical (unpaired) electrons. The van der Waals surface area contributed by atoms with E-state index in [0.717, 1.165) is 10.5 Å². The SMILES string of the molecule is COc1ccc(N(CC(=O)N/N=C/c2c(F)cccc2Cl)S(=O)(=O)c2ccccc2)cc1OC. The smallest absolute Gasteiger partial charge is 0.264 e.